The van der Waals surface area contributed by atoms with E-state index in [4.69, 9.17) is 0 Å². The van der Waals surface area contributed by atoms with Crippen LogP contribution >= 0.6 is 15.9 Å². The Morgan fingerprint density at radius 1 is 1.24 bits per heavy atom. The van der Waals surface area contributed by atoms with E-state index in [0.29, 0.717) is 6.04 Å². The van der Waals surface area contributed by atoms with Crippen LogP contribution in [0.25, 0.3) is 0 Å². The number of halogens is 1. The first-order chi connectivity index (χ1) is 10.1. The molecule has 0 spiro atoms. The van der Waals surface area contributed by atoms with Gasteiger partial charge in [-0.25, -0.2) is 0 Å². The molecule has 118 valence electrons. The Morgan fingerprint density at radius 2 is 2.05 bits per heavy atom. The third-order valence-electron chi connectivity index (χ3n) is 4.22. The number of nitrogens with one attached hydrogen (secondary N) is 1. The van der Waals surface area contributed by atoms with Crippen LogP contribution in [0.2, 0.25) is 0 Å². The van der Waals surface area contributed by atoms with E-state index in [-0.39, 0.29) is 0 Å². The Morgan fingerprint density at radius 3 is 2.81 bits per heavy atom. The lowest BCUT2D eigenvalue weighted by molar-refractivity contribution is 0.360. The molecule has 0 aromatic heterocycles. The predicted octanol–water partition coefficient (Wildman–Crippen LogP) is 3.65. The fraction of sp³-hybridized carbons (Fsp3) is 0.647. The molecule has 0 amide bonds. The largest absolute Gasteiger partial charge is 0.370 e. The summed E-state index contributed by atoms with van der Waals surface area (Å²) >= 11 is 3.64. The minimum Gasteiger partial charge on any atom is -0.370 e. The molecule has 21 heavy (non-hydrogen) atoms. The maximum absolute atomic E-state index is 3.64. The van der Waals surface area contributed by atoms with Gasteiger partial charge in [-0.2, -0.15) is 0 Å². The fourth-order valence-corrected chi connectivity index (χ4v) is 3.26. The van der Waals surface area contributed by atoms with Crippen molar-refractivity contribution < 1.29 is 0 Å². The van der Waals surface area contributed by atoms with Crippen molar-refractivity contribution >= 4 is 21.6 Å². The molecule has 1 heterocycles. The Bertz CT molecular complexity index is 450. The van der Waals surface area contributed by atoms with Crippen LogP contribution < -0.4 is 10.2 Å². The van der Waals surface area contributed by atoms with Crippen molar-refractivity contribution in [2.75, 3.05) is 44.7 Å². The average molecular weight is 354 g/mol. The van der Waals surface area contributed by atoms with Crippen molar-refractivity contribution in [3.05, 3.63) is 28.2 Å². The van der Waals surface area contributed by atoms with Gasteiger partial charge in [0.1, 0.15) is 0 Å². The molecule has 1 saturated heterocycles. The number of anilines is 1. The Kier molecular flexibility index (Phi) is 6.52. The summed E-state index contributed by atoms with van der Waals surface area (Å²) in [6.45, 7) is 10.2. The van der Waals surface area contributed by atoms with E-state index >= 15 is 0 Å². The first kappa shape index (κ1) is 16.8. The SMILES string of the molecule is CCCNC(C)c1ccc(Br)cc1N1CCCN(C)CC1. The zero-order chi connectivity index (χ0) is 15.2. The van der Waals surface area contributed by atoms with E-state index in [9.17, 15) is 0 Å². The smallest absolute Gasteiger partial charge is 0.0426 e. The number of hydrogen-bond acceptors (Lipinski definition) is 3. The molecule has 0 radical (unpaired) electrons. The van der Waals surface area contributed by atoms with Gasteiger partial charge in [0.15, 0.2) is 0 Å². The Balaban J connectivity index is 2.21. The molecule has 1 aliphatic heterocycles. The van der Waals surface area contributed by atoms with Gasteiger partial charge in [-0.3, -0.25) is 0 Å². The quantitative estimate of drug-likeness (QED) is 0.871. The molecule has 0 aliphatic carbocycles. The van der Waals surface area contributed by atoms with Gasteiger partial charge in [-0.1, -0.05) is 28.9 Å². The van der Waals surface area contributed by atoms with Crippen LogP contribution in [0.1, 0.15) is 38.3 Å². The highest BCUT2D eigenvalue weighted by Gasteiger charge is 2.18. The van der Waals surface area contributed by atoms with Gasteiger partial charge in [0.2, 0.25) is 0 Å². The third kappa shape index (κ3) is 4.70. The van der Waals surface area contributed by atoms with E-state index in [1.54, 1.807) is 0 Å². The first-order valence-electron chi connectivity index (χ1n) is 8.08. The molecule has 1 aliphatic rings. The summed E-state index contributed by atoms with van der Waals surface area (Å²) in [7, 11) is 2.22. The zero-order valence-electron chi connectivity index (χ0n) is 13.5. The highest BCUT2D eigenvalue weighted by molar-refractivity contribution is 9.10. The molecular weight excluding hydrogens is 326 g/mol. The topological polar surface area (TPSA) is 18.5 Å². The molecule has 1 aromatic rings. The van der Waals surface area contributed by atoms with Crippen molar-refractivity contribution in [2.24, 2.45) is 0 Å². The molecule has 1 fully saturated rings. The molecule has 1 N–H and O–H groups in total. The normalized spacial score (nSPS) is 18.6. The second-order valence-electron chi connectivity index (χ2n) is 6.02. The summed E-state index contributed by atoms with van der Waals surface area (Å²) in [6, 6.07) is 7.10. The van der Waals surface area contributed by atoms with Gasteiger partial charge in [0.05, 0.1) is 0 Å². The molecule has 4 heteroatoms. The zero-order valence-corrected chi connectivity index (χ0v) is 15.1. The minimum atomic E-state index is 0.397. The number of hydrogen-bond donors (Lipinski definition) is 1. The van der Waals surface area contributed by atoms with E-state index < -0.39 is 0 Å². The molecule has 0 bridgehead atoms. The van der Waals surface area contributed by atoms with Gasteiger partial charge in [0.25, 0.3) is 0 Å². The lowest BCUT2D eigenvalue weighted by Crippen LogP contribution is -2.30. The molecule has 2 rings (SSSR count). The number of likely N-dealkylation sites (N-methyl/N-ethyl adjacent to an activating group) is 1. The number of nitrogens with zero attached hydrogens (tertiary/aromatic N) is 2. The molecule has 0 saturated carbocycles. The summed E-state index contributed by atoms with van der Waals surface area (Å²) in [6.07, 6.45) is 2.41. The number of benzene rings is 1. The van der Waals surface area contributed by atoms with E-state index in [0.717, 1.165) is 26.2 Å². The van der Waals surface area contributed by atoms with Crippen LogP contribution in [0.4, 0.5) is 5.69 Å². The van der Waals surface area contributed by atoms with Gasteiger partial charge in [-0.15, -0.1) is 0 Å². The van der Waals surface area contributed by atoms with Crippen LogP contribution in [-0.4, -0.2) is 44.7 Å². The maximum atomic E-state index is 3.64. The molecule has 1 atom stereocenters. The summed E-state index contributed by atoms with van der Waals surface area (Å²) in [5, 5.41) is 3.62. The van der Waals surface area contributed by atoms with Crippen LogP contribution in [0.3, 0.4) is 0 Å². The van der Waals surface area contributed by atoms with E-state index in [1.165, 1.54) is 35.1 Å². The van der Waals surface area contributed by atoms with Crippen molar-refractivity contribution in [3.8, 4) is 0 Å². The highest BCUT2D eigenvalue weighted by Crippen LogP contribution is 2.30. The van der Waals surface area contributed by atoms with Crippen molar-refractivity contribution in [1.82, 2.24) is 10.2 Å². The standard InChI is InChI=1S/C17H28BrN3/c1-4-8-19-14(2)16-7-6-15(18)13-17(16)21-10-5-9-20(3)11-12-21/h6-7,13-14,19H,4-5,8-12H2,1-3H3. The lowest BCUT2D eigenvalue weighted by atomic mass is 10.0. The van der Waals surface area contributed by atoms with Crippen LogP contribution in [-0.2, 0) is 0 Å². The molecular formula is C17H28BrN3. The fourth-order valence-electron chi connectivity index (χ4n) is 2.92. The van der Waals surface area contributed by atoms with Crippen LogP contribution in [0, 0.1) is 0 Å². The van der Waals surface area contributed by atoms with Gasteiger partial charge in [-0.05, 0) is 57.6 Å². The molecule has 1 aromatic carbocycles. The van der Waals surface area contributed by atoms with E-state index in [1.807, 2.05) is 0 Å². The lowest BCUT2D eigenvalue weighted by Gasteiger charge is -2.28. The van der Waals surface area contributed by atoms with Gasteiger partial charge in [0, 0.05) is 35.8 Å². The summed E-state index contributed by atoms with van der Waals surface area (Å²) < 4.78 is 1.17. The number of rotatable bonds is 5. The minimum absolute atomic E-state index is 0.397. The Labute approximate surface area is 137 Å². The Hall–Kier alpha value is -0.580. The first-order valence-corrected chi connectivity index (χ1v) is 8.87. The second-order valence-corrected chi connectivity index (χ2v) is 6.94. The summed E-state index contributed by atoms with van der Waals surface area (Å²) in [4.78, 5) is 4.98. The average Bonchev–Trinajstić information content (AvgIpc) is 2.69. The van der Waals surface area contributed by atoms with Crippen molar-refractivity contribution in [1.29, 1.82) is 0 Å². The van der Waals surface area contributed by atoms with Gasteiger partial charge >= 0.3 is 0 Å². The van der Waals surface area contributed by atoms with E-state index in [2.05, 4.69) is 70.1 Å². The predicted molar refractivity (Wildman–Crippen MR) is 95.2 cm³/mol. The monoisotopic (exact) mass is 353 g/mol. The van der Waals surface area contributed by atoms with Crippen LogP contribution in [0.15, 0.2) is 22.7 Å². The second kappa shape index (κ2) is 8.16. The maximum Gasteiger partial charge on any atom is 0.0426 e. The molecule has 3 nitrogen and oxygen atoms in total. The third-order valence-corrected chi connectivity index (χ3v) is 4.71. The van der Waals surface area contributed by atoms with Gasteiger partial charge < -0.3 is 15.1 Å². The van der Waals surface area contributed by atoms with Crippen molar-refractivity contribution in [2.45, 2.75) is 32.7 Å². The molecule has 1 unspecified atom stereocenters. The van der Waals surface area contributed by atoms with Crippen molar-refractivity contribution in [3.63, 3.8) is 0 Å². The summed E-state index contributed by atoms with van der Waals surface area (Å²) in [5.41, 5.74) is 2.80. The highest BCUT2D eigenvalue weighted by atomic mass is 79.9. The summed E-state index contributed by atoms with van der Waals surface area (Å²) in [5.74, 6) is 0. The van der Waals surface area contributed by atoms with Crippen LogP contribution in [0.5, 0.6) is 0 Å².